The van der Waals surface area contributed by atoms with E-state index in [4.69, 9.17) is 19.7 Å². The topological polar surface area (TPSA) is 172 Å². The van der Waals surface area contributed by atoms with Crippen LogP contribution in [0.3, 0.4) is 0 Å². The first-order valence-corrected chi connectivity index (χ1v) is 21.3. The largest absolute Gasteiger partial charge is 0.497 e. The quantitative estimate of drug-likeness (QED) is 0.0529. The summed E-state index contributed by atoms with van der Waals surface area (Å²) in [5.74, 6) is 1.12. The van der Waals surface area contributed by atoms with Crippen LogP contribution in [0.1, 0.15) is 143 Å². The number of nitrogens with one attached hydrogen (secondary N) is 4. The molecule has 350 valence electrons. The molecule has 1 aliphatic rings. The number of hydrogen-bond acceptors (Lipinski definition) is 11. The number of hydroxylamine groups is 2. The first-order valence-electron chi connectivity index (χ1n) is 21.3. The van der Waals surface area contributed by atoms with Gasteiger partial charge in [-0.25, -0.2) is 14.6 Å². The number of alkyl carbamates (subject to hydrolysis) is 1. The summed E-state index contributed by atoms with van der Waals surface area (Å²) >= 11 is 0. The van der Waals surface area contributed by atoms with E-state index in [0.717, 1.165) is 53.2 Å². The Morgan fingerprint density at radius 2 is 1.62 bits per heavy atom. The van der Waals surface area contributed by atoms with Crippen LogP contribution in [0.15, 0.2) is 60.8 Å². The first kappa shape index (κ1) is 59.4. The Kier molecular flexibility index (Phi) is 30.2. The lowest BCUT2D eigenvalue weighted by molar-refractivity contribution is -0.194. The standard InChI is InChI=1S/C18H24N2O6.C17H20N4O.C10H22.C2H6.C2H2.CH4/c1-18(2,3)25-17(24)19-15(13-9-6-5-7-10-13)16(23)26-20(4)14(22)11-8-12-21;1-22-14-4-2-12(3-5-14)9-20-17-16(8-18)15-6-7-19-10-13(15)11-21-17;1-9(2)7-6-8-10(3,4)5;2*1-2;/h5-7,9-10,12,15H,8,11H2,1-4H3,(H,19,24);2-5,8,11,18-19H,6-7,9-10H2,1H3,(H,20,21);9H,6-8H2,1-5H3;1-2H3;1-2H;1H4. The molecule has 1 aliphatic heterocycles. The predicted octanol–water partition coefficient (Wildman–Crippen LogP) is 10.3. The molecule has 0 fully saturated rings. The highest BCUT2D eigenvalue weighted by molar-refractivity contribution is 5.87. The average molecular weight is 875 g/mol. The van der Waals surface area contributed by atoms with Crippen LogP contribution in [-0.4, -0.2) is 66.8 Å². The van der Waals surface area contributed by atoms with Crippen LogP contribution in [0, 0.1) is 29.6 Å². The van der Waals surface area contributed by atoms with Gasteiger partial charge in [-0.05, 0) is 85.9 Å². The number of methoxy groups -OCH3 is 1. The van der Waals surface area contributed by atoms with Crippen LogP contribution in [0.4, 0.5) is 10.6 Å². The molecule has 1 aromatic heterocycles. The fraction of sp³-hybridized carbons (Fsp3) is 0.520. The monoisotopic (exact) mass is 875 g/mol. The number of pyridine rings is 1. The van der Waals surface area contributed by atoms with Crippen molar-refractivity contribution in [3.63, 3.8) is 0 Å². The number of nitrogens with zero attached hydrogens (tertiary/aromatic N) is 2. The average Bonchev–Trinajstić information content (AvgIpc) is 3.24. The molecule has 2 amide bonds. The van der Waals surface area contributed by atoms with Crippen molar-refractivity contribution in [3.05, 3.63) is 88.6 Å². The number of benzene rings is 2. The van der Waals surface area contributed by atoms with Crippen LogP contribution >= 0.6 is 0 Å². The molecule has 3 aromatic rings. The third-order valence-corrected chi connectivity index (χ3v) is 8.74. The van der Waals surface area contributed by atoms with Gasteiger partial charge in [0.15, 0.2) is 6.04 Å². The van der Waals surface area contributed by atoms with E-state index < -0.39 is 29.6 Å². The lowest BCUT2D eigenvalue weighted by Gasteiger charge is -2.24. The smallest absolute Gasteiger partial charge is 0.408 e. The van der Waals surface area contributed by atoms with Crippen molar-refractivity contribution in [3.8, 4) is 18.6 Å². The molecule has 63 heavy (non-hydrogen) atoms. The molecule has 13 nitrogen and oxygen atoms in total. The molecule has 4 rings (SSSR count). The van der Waals surface area contributed by atoms with Gasteiger partial charge in [-0.2, -0.15) is 5.06 Å². The SMILES string of the molecule is C.C#C.CC.CC(C)CCCC(C)(C)C.CN(OC(=O)C(NC(=O)OC(C)(C)C)c1ccccc1)C(=O)CCC=O.COc1ccc(CNc2ncc3c(c2C=N)CCNC3)cc1. The minimum Gasteiger partial charge on any atom is -0.497 e. The number of fused-ring (bicyclic) bond motifs is 1. The molecule has 2 aromatic carbocycles. The van der Waals surface area contributed by atoms with E-state index >= 15 is 0 Å². The van der Waals surface area contributed by atoms with E-state index in [1.807, 2.05) is 44.3 Å². The van der Waals surface area contributed by atoms with Gasteiger partial charge in [0, 0.05) is 51.0 Å². The maximum absolute atomic E-state index is 12.5. The summed E-state index contributed by atoms with van der Waals surface area (Å²) in [5, 5.41) is 17.6. The molecular weight excluding hydrogens is 797 g/mol. The fourth-order valence-corrected chi connectivity index (χ4v) is 5.68. The molecule has 0 aliphatic carbocycles. The highest BCUT2D eigenvalue weighted by Gasteiger charge is 2.29. The second-order valence-corrected chi connectivity index (χ2v) is 16.6. The van der Waals surface area contributed by atoms with Crippen LogP contribution in [0.2, 0.25) is 0 Å². The number of amides is 2. The Balaban J connectivity index is 0. The highest BCUT2D eigenvalue weighted by Crippen LogP contribution is 2.24. The minimum atomic E-state index is -1.16. The molecule has 0 bridgehead atoms. The third kappa shape index (κ3) is 25.1. The third-order valence-electron chi connectivity index (χ3n) is 8.74. The van der Waals surface area contributed by atoms with Crippen molar-refractivity contribution < 1.29 is 33.5 Å². The predicted molar refractivity (Wildman–Crippen MR) is 257 cm³/mol. The molecule has 0 saturated carbocycles. The second-order valence-electron chi connectivity index (χ2n) is 16.6. The van der Waals surface area contributed by atoms with Crippen molar-refractivity contribution in [1.29, 1.82) is 5.41 Å². The van der Waals surface area contributed by atoms with E-state index in [0.29, 0.717) is 23.8 Å². The molecular formula is C50H78N6O7. The number of carbonyl (C=O) groups excluding carboxylic acids is 4. The Labute approximate surface area is 379 Å². The maximum atomic E-state index is 12.5. The zero-order valence-electron chi connectivity index (χ0n) is 39.4. The van der Waals surface area contributed by atoms with Gasteiger partial charge in [0.05, 0.1) is 7.11 Å². The number of terminal acetylenes is 1. The van der Waals surface area contributed by atoms with Gasteiger partial charge in [-0.15, -0.1) is 12.8 Å². The Bertz CT molecular complexity index is 1780. The first-order chi connectivity index (χ1) is 29.4. The second kappa shape index (κ2) is 32.0. The van der Waals surface area contributed by atoms with Crippen LogP contribution in [0.5, 0.6) is 5.75 Å². The zero-order chi connectivity index (χ0) is 47.3. The highest BCUT2D eigenvalue weighted by atomic mass is 16.7. The maximum Gasteiger partial charge on any atom is 0.408 e. The normalized spacial score (nSPS) is 11.7. The molecule has 0 saturated heterocycles. The van der Waals surface area contributed by atoms with E-state index in [1.165, 1.54) is 43.7 Å². The summed E-state index contributed by atoms with van der Waals surface area (Å²) in [6, 6.07) is 15.2. The summed E-state index contributed by atoms with van der Waals surface area (Å²) in [6.07, 6.45) is 16.2. The number of ether oxygens (including phenoxy) is 2. The summed E-state index contributed by atoms with van der Waals surface area (Å²) in [6.45, 7) is 23.1. The van der Waals surface area contributed by atoms with Gasteiger partial charge in [0.2, 0.25) is 0 Å². The number of carbonyl (C=O) groups is 4. The number of rotatable bonds is 14. The van der Waals surface area contributed by atoms with Crippen LogP contribution < -0.4 is 20.7 Å². The Hall–Kier alpha value is -5.74. The van der Waals surface area contributed by atoms with Crippen LogP contribution in [-0.2, 0) is 43.5 Å². The van der Waals surface area contributed by atoms with Crippen molar-refractivity contribution in [2.24, 2.45) is 11.3 Å². The van der Waals surface area contributed by atoms with Crippen LogP contribution in [0.25, 0.3) is 0 Å². The number of aromatic nitrogens is 1. The molecule has 1 unspecified atom stereocenters. The lowest BCUT2D eigenvalue weighted by Crippen LogP contribution is -2.41. The Morgan fingerprint density at radius 1 is 1.00 bits per heavy atom. The van der Waals surface area contributed by atoms with E-state index in [2.05, 4.69) is 68.4 Å². The van der Waals surface area contributed by atoms with Gasteiger partial charge >= 0.3 is 12.1 Å². The Morgan fingerprint density at radius 3 is 2.14 bits per heavy atom. The number of anilines is 1. The van der Waals surface area contributed by atoms with Gasteiger partial charge in [0.25, 0.3) is 5.91 Å². The lowest BCUT2D eigenvalue weighted by atomic mass is 9.88. The van der Waals surface area contributed by atoms with E-state index in [-0.39, 0.29) is 20.3 Å². The van der Waals surface area contributed by atoms with Crippen molar-refractivity contribution in [1.82, 2.24) is 20.7 Å². The molecule has 1 atom stereocenters. The van der Waals surface area contributed by atoms with E-state index in [9.17, 15) is 19.2 Å². The number of hydrogen-bond donors (Lipinski definition) is 4. The summed E-state index contributed by atoms with van der Waals surface area (Å²) < 4.78 is 10.3. The zero-order valence-corrected chi connectivity index (χ0v) is 39.4. The molecule has 0 spiro atoms. The summed E-state index contributed by atoms with van der Waals surface area (Å²) in [5.41, 5.74) is 4.76. The van der Waals surface area contributed by atoms with E-state index in [1.54, 1.807) is 58.2 Å². The summed E-state index contributed by atoms with van der Waals surface area (Å²) in [4.78, 5) is 56.2. The van der Waals surface area contributed by atoms with Gasteiger partial charge in [-0.3, -0.25) is 4.79 Å². The number of aldehydes is 1. The molecule has 0 radical (unpaired) electrons. The van der Waals surface area contributed by atoms with Gasteiger partial charge in [-0.1, -0.05) is 111 Å². The molecule has 4 N–H and O–H groups in total. The van der Waals surface area contributed by atoms with Crippen molar-refractivity contribution in [2.45, 2.75) is 140 Å². The van der Waals surface area contributed by atoms with Crippen molar-refractivity contribution >= 4 is 36.3 Å². The minimum absolute atomic E-state index is 0. The summed E-state index contributed by atoms with van der Waals surface area (Å²) in [7, 11) is 2.93. The van der Waals surface area contributed by atoms with Gasteiger partial charge in [0.1, 0.15) is 23.5 Å². The van der Waals surface area contributed by atoms with Gasteiger partial charge < -0.3 is 40.5 Å². The molecule has 13 heteroatoms. The fourth-order valence-electron chi connectivity index (χ4n) is 5.68. The van der Waals surface area contributed by atoms with Crippen molar-refractivity contribution in [2.75, 3.05) is 26.0 Å². The molecule has 2 heterocycles.